The van der Waals surface area contributed by atoms with Gasteiger partial charge in [0, 0.05) is 5.75 Å². The Morgan fingerprint density at radius 2 is 1.86 bits per heavy atom. The maximum absolute atomic E-state index is 11.9. The van der Waals surface area contributed by atoms with Gasteiger partial charge in [0.1, 0.15) is 17.3 Å². The molecule has 0 radical (unpaired) electrons. The van der Waals surface area contributed by atoms with E-state index in [2.05, 4.69) is 0 Å². The molecule has 0 bridgehead atoms. The molecule has 1 saturated heterocycles. The van der Waals surface area contributed by atoms with Gasteiger partial charge in [-0.05, 0) is 17.7 Å². The van der Waals surface area contributed by atoms with Gasteiger partial charge >= 0.3 is 11.9 Å². The van der Waals surface area contributed by atoms with Gasteiger partial charge < -0.3 is 15.1 Å². The van der Waals surface area contributed by atoms with Gasteiger partial charge in [-0.2, -0.15) is 0 Å². The fraction of sp³-hybridized carbons (Fsp3) is 0.308. The van der Waals surface area contributed by atoms with Gasteiger partial charge in [-0.15, -0.1) is 23.4 Å². The number of amides is 1. The largest absolute Gasteiger partial charge is 0.480 e. The van der Waals surface area contributed by atoms with E-state index in [1.807, 2.05) is 0 Å². The van der Waals surface area contributed by atoms with Crippen molar-refractivity contribution >= 4 is 41.2 Å². The Morgan fingerprint density at radius 1 is 1.24 bits per heavy atom. The number of carbonyl (C=O) groups is 3. The molecule has 1 aromatic rings. The van der Waals surface area contributed by atoms with Gasteiger partial charge in [-0.1, -0.05) is 12.1 Å². The molecule has 1 aromatic carbocycles. The Bertz CT molecular complexity index is 576. The minimum atomic E-state index is -1.08. The van der Waals surface area contributed by atoms with Crippen LogP contribution in [0.1, 0.15) is 21.3 Å². The Kier molecular flexibility index (Phi) is 4.74. The molecule has 1 heterocycles. The van der Waals surface area contributed by atoms with E-state index in [1.165, 1.54) is 28.8 Å². The summed E-state index contributed by atoms with van der Waals surface area (Å²) in [5, 5.41) is 17.6. The molecule has 0 aromatic heterocycles. The monoisotopic (exact) mass is 329 g/mol. The van der Waals surface area contributed by atoms with Crippen molar-refractivity contribution in [2.24, 2.45) is 0 Å². The maximum atomic E-state index is 11.9. The molecule has 112 valence electrons. The zero-order valence-corrected chi connectivity index (χ0v) is 12.3. The third-order valence-electron chi connectivity index (χ3n) is 3.13. The summed E-state index contributed by atoms with van der Waals surface area (Å²) in [5.74, 6) is -2.61. The highest BCUT2D eigenvalue weighted by atomic mass is 35.5. The first-order valence-corrected chi connectivity index (χ1v) is 7.59. The van der Waals surface area contributed by atoms with Gasteiger partial charge in [0.15, 0.2) is 0 Å². The van der Waals surface area contributed by atoms with E-state index in [-0.39, 0.29) is 17.2 Å². The number of nitrogens with zero attached hydrogens (tertiary/aromatic N) is 1. The van der Waals surface area contributed by atoms with Crippen molar-refractivity contribution < 1.29 is 24.6 Å². The van der Waals surface area contributed by atoms with E-state index in [9.17, 15) is 19.5 Å². The Hall–Kier alpha value is -1.73. The number of alkyl halides is 1. The van der Waals surface area contributed by atoms with Crippen LogP contribution in [0.15, 0.2) is 24.3 Å². The molecule has 1 amide bonds. The van der Waals surface area contributed by atoms with Gasteiger partial charge in [0.2, 0.25) is 5.91 Å². The SMILES string of the molecule is O=C(O)c1ccc(C2SC[C@@H](C(=O)O)N2C(=O)CCl)cc1. The van der Waals surface area contributed by atoms with Crippen LogP contribution < -0.4 is 0 Å². The van der Waals surface area contributed by atoms with Crippen LogP contribution in [0.5, 0.6) is 0 Å². The van der Waals surface area contributed by atoms with Gasteiger partial charge in [0.05, 0.1) is 5.56 Å². The summed E-state index contributed by atoms with van der Waals surface area (Å²) < 4.78 is 0. The number of aromatic carboxylic acids is 1. The minimum absolute atomic E-state index is 0.131. The molecule has 2 N–H and O–H groups in total. The lowest BCUT2D eigenvalue weighted by Crippen LogP contribution is -2.43. The molecule has 0 saturated carbocycles. The first kappa shape index (κ1) is 15.7. The van der Waals surface area contributed by atoms with Crippen LogP contribution in [0.2, 0.25) is 0 Å². The molecular formula is C13H12ClNO5S. The Morgan fingerprint density at radius 3 is 2.33 bits per heavy atom. The summed E-state index contributed by atoms with van der Waals surface area (Å²) in [6.45, 7) is 0. The van der Waals surface area contributed by atoms with E-state index in [0.29, 0.717) is 5.56 Å². The van der Waals surface area contributed by atoms with Crippen LogP contribution in [-0.4, -0.2) is 50.6 Å². The zero-order chi connectivity index (χ0) is 15.6. The average molecular weight is 330 g/mol. The number of carboxylic acids is 2. The van der Waals surface area contributed by atoms with Crippen LogP contribution in [0.25, 0.3) is 0 Å². The number of hydrogen-bond acceptors (Lipinski definition) is 4. The second-order valence-corrected chi connectivity index (χ2v) is 5.78. The van der Waals surface area contributed by atoms with Crippen LogP contribution in [0.3, 0.4) is 0 Å². The summed E-state index contributed by atoms with van der Waals surface area (Å²) in [4.78, 5) is 35.2. The molecule has 1 fully saturated rings. The first-order valence-electron chi connectivity index (χ1n) is 6.00. The lowest BCUT2D eigenvalue weighted by atomic mass is 10.1. The van der Waals surface area contributed by atoms with Crippen LogP contribution in [0.4, 0.5) is 0 Å². The lowest BCUT2D eigenvalue weighted by Gasteiger charge is -2.26. The van der Waals surface area contributed by atoms with E-state index in [1.54, 1.807) is 12.1 Å². The predicted molar refractivity (Wildman–Crippen MR) is 77.6 cm³/mol. The van der Waals surface area contributed by atoms with E-state index in [0.717, 1.165) is 0 Å². The van der Waals surface area contributed by atoms with E-state index < -0.39 is 29.3 Å². The highest BCUT2D eigenvalue weighted by Crippen LogP contribution is 2.41. The molecule has 2 rings (SSSR count). The van der Waals surface area contributed by atoms with Crippen molar-refractivity contribution in [2.75, 3.05) is 11.6 Å². The number of benzene rings is 1. The molecule has 21 heavy (non-hydrogen) atoms. The molecular weight excluding hydrogens is 318 g/mol. The normalized spacial score (nSPS) is 21.3. The van der Waals surface area contributed by atoms with Crippen LogP contribution in [-0.2, 0) is 9.59 Å². The number of halogens is 1. The number of carbonyl (C=O) groups excluding carboxylic acids is 1. The molecule has 6 nitrogen and oxygen atoms in total. The fourth-order valence-electron chi connectivity index (χ4n) is 2.12. The number of hydrogen-bond donors (Lipinski definition) is 2. The molecule has 1 aliphatic heterocycles. The van der Waals surface area contributed by atoms with Crippen molar-refractivity contribution in [3.05, 3.63) is 35.4 Å². The summed E-state index contributed by atoms with van der Waals surface area (Å²) in [7, 11) is 0. The second kappa shape index (κ2) is 6.36. The van der Waals surface area contributed by atoms with E-state index in [4.69, 9.17) is 16.7 Å². The number of rotatable bonds is 4. The number of thioether (sulfide) groups is 1. The highest BCUT2D eigenvalue weighted by molar-refractivity contribution is 7.99. The third-order valence-corrected chi connectivity index (χ3v) is 4.68. The Labute approximate surface area is 129 Å². The molecule has 0 spiro atoms. The highest BCUT2D eigenvalue weighted by Gasteiger charge is 2.41. The summed E-state index contributed by atoms with van der Waals surface area (Å²) in [6.07, 6.45) is 0. The maximum Gasteiger partial charge on any atom is 0.335 e. The molecule has 1 aliphatic rings. The van der Waals surface area contributed by atoms with Crippen molar-refractivity contribution in [1.29, 1.82) is 0 Å². The summed E-state index contributed by atoms with van der Waals surface area (Å²) in [6, 6.07) is 5.09. The van der Waals surface area contributed by atoms with Crippen LogP contribution in [0, 0.1) is 0 Å². The summed E-state index contributed by atoms with van der Waals surface area (Å²) >= 11 is 6.87. The molecule has 8 heteroatoms. The molecule has 0 aliphatic carbocycles. The van der Waals surface area contributed by atoms with Crippen LogP contribution >= 0.6 is 23.4 Å². The average Bonchev–Trinajstić information content (AvgIpc) is 2.91. The minimum Gasteiger partial charge on any atom is -0.480 e. The van der Waals surface area contributed by atoms with Crippen molar-refractivity contribution in [2.45, 2.75) is 11.4 Å². The van der Waals surface area contributed by atoms with Crippen molar-refractivity contribution in [1.82, 2.24) is 4.90 Å². The topological polar surface area (TPSA) is 94.9 Å². The molecule has 1 unspecified atom stereocenters. The van der Waals surface area contributed by atoms with Gasteiger partial charge in [0.25, 0.3) is 0 Å². The standard InChI is InChI=1S/C13H12ClNO5S/c14-5-10(16)15-9(13(19)20)6-21-11(15)7-1-3-8(4-2-7)12(17)18/h1-4,9,11H,5-6H2,(H,17,18)(H,19,20)/t9-,11?/m0/s1. The Balaban J connectivity index is 2.30. The van der Waals surface area contributed by atoms with Gasteiger partial charge in [-0.25, -0.2) is 9.59 Å². The quantitative estimate of drug-likeness (QED) is 0.816. The lowest BCUT2D eigenvalue weighted by molar-refractivity contribution is -0.148. The zero-order valence-electron chi connectivity index (χ0n) is 10.7. The fourth-order valence-corrected chi connectivity index (χ4v) is 3.70. The van der Waals surface area contributed by atoms with E-state index >= 15 is 0 Å². The second-order valence-electron chi connectivity index (χ2n) is 4.40. The smallest absolute Gasteiger partial charge is 0.335 e. The third kappa shape index (κ3) is 3.14. The van der Waals surface area contributed by atoms with Crippen molar-refractivity contribution in [3.8, 4) is 0 Å². The molecule has 2 atom stereocenters. The number of carboxylic acid groups (broad SMARTS) is 2. The van der Waals surface area contributed by atoms with Crippen molar-refractivity contribution in [3.63, 3.8) is 0 Å². The van der Waals surface area contributed by atoms with Gasteiger partial charge in [-0.3, -0.25) is 4.79 Å². The predicted octanol–water partition coefficient (Wildman–Crippen LogP) is 1.65. The number of aliphatic carboxylic acids is 1. The summed E-state index contributed by atoms with van der Waals surface area (Å²) in [5.41, 5.74) is 0.805. The first-order chi connectivity index (χ1) is 9.95.